The van der Waals surface area contributed by atoms with Gasteiger partial charge in [-0.1, -0.05) is 26.0 Å². The molecule has 7 nitrogen and oxygen atoms in total. The van der Waals surface area contributed by atoms with E-state index in [2.05, 4.69) is 34.4 Å². The van der Waals surface area contributed by atoms with Gasteiger partial charge in [-0.3, -0.25) is 14.5 Å². The van der Waals surface area contributed by atoms with E-state index in [4.69, 9.17) is 4.74 Å². The molecule has 1 aromatic heterocycles. The van der Waals surface area contributed by atoms with Crippen LogP contribution >= 0.6 is 11.3 Å². The zero-order valence-corrected chi connectivity index (χ0v) is 16.9. The number of aromatic nitrogens is 1. The molecule has 146 valence electrons. The molecule has 0 saturated carbocycles. The summed E-state index contributed by atoms with van der Waals surface area (Å²) < 4.78 is 5.33. The summed E-state index contributed by atoms with van der Waals surface area (Å²) in [5.74, 6) is 0.314. The molecule has 0 aliphatic heterocycles. The van der Waals surface area contributed by atoms with Crippen molar-refractivity contribution >= 4 is 28.3 Å². The van der Waals surface area contributed by atoms with Crippen LogP contribution in [0.1, 0.15) is 42.9 Å². The SMILES string of the molecule is CCN(CC)C(CNC(=O)c1csc(NC(C)=O)n1)c1cccc(OC)c1. The number of nitrogens with zero attached hydrogens (tertiary/aromatic N) is 2. The first-order chi connectivity index (χ1) is 13.0. The zero-order valence-electron chi connectivity index (χ0n) is 16.1. The second-order valence-electron chi connectivity index (χ2n) is 5.94. The Balaban J connectivity index is 2.12. The van der Waals surface area contributed by atoms with Gasteiger partial charge in [-0.25, -0.2) is 4.98 Å². The average Bonchev–Trinajstić information content (AvgIpc) is 3.12. The number of nitrogens with one attached hydrogen (secondary N) is 2. The van der Waals surface area contributed by atoms with Crippen LogP contribution in [-0.2, 0) is 4.79 Å². The van der Waals surface area contributed by atoms with Crippen LogP contribution in [0, 0.1) is 0 Å². The third kappa shape index (κ3) is 5.77. The number of carbonyl (C=O) groups is 2. The Bertz CT molecular complexity index is 774. The van der Waals surface area contributed by atoms with E-state index in [0.717, 1.165) is 24.4 Å². The maximum atomic E-state index is 12.5. The minimum Gasteiger partial charge on any atom is -0.497 e. The standard InChI is InChI=1S/C19H26N4O3S/c1-5-23(6-2)17(14-8-7-9-15(10-14)26-4)11-20-18(25)16-12-27-19(22-16)21-13(3)24/h7-10,12,17H,5-6,11H2,1-4H3,(H,20,25)(H,21,22,24). The summed E-state index contributed by atoms with van der Waals surface area (Å²) in [6, 6.07) is 7.90. The van der Waals surface area contributed by atoms with Crippen LogP contribution in [0.3, 0.4) is 0 Å². The number of methoxy groups -OCH3 is 1. The monoisotopic (exact) mass is 390 g/mol. The molecular weight excluding hydrogens is 364 g/mol. The van der Waals surface area contributed by atoms with Crippen molar-refractivity contribution in [2.24, 2.45) is 0 Å². The van der Waals surface area contributed by atoms with Crippen LogP contribution in [0.5, 0.6) is 5.75 Å². The van der Waals surface area contributed by atoms with Crippen molar-refractivity contribution in [3.8, 4) is 5.75 Å². The molecule has 0 radical (unpaired) electrons. The smallest absolute Gasteiger partial charge is 0.270 e. The van der Waals surface area contributed by atoms with E-state index in [1.54, 1.807) is 12.5 Å². The number of rotatable bonds is 9. The van der Waals surface area contributed by atoms with E-state index in [1.807, 2.05) is 24.3 Å². The molecule has 2 amide bonds. The Morgan fingerprint density at radius 3 is 2.67 bits per heavy atom. The predicted molar refractivity (Wildman–Crippen MR) is 107 cm³/mol. The molecule has 1 aromatic carbocycles. The van der Waals surface area contributed by atoms with Gasteiger partial charge in [0.25, 0.3) is 5.91 Å². The zero-order chi connectivity index (χ0) is 19.8. The number of benzene rings is 1. The molecule has 1 atom stereocenters. The van der Waals surface area contributed by atoms with Gasteiger partial charge >= 0.3 is 0 Å². The van der Waals surface area contributed by atoms with E-state index in [1.165, 1.54) is 18.3 Å². The number of ether oxygens (including phenoxy) is 1. The number of anilines is 1. The molecule has 0 bridgehead atoms. The fraction of sp³-hybridized carbons (Fsp3) is 0.421. The fourth-order valence-electron chi connectivity index (χ4n) is 2.84. The van der Waals surface area contributed by atoms with Crippen molar-refractivity contribution in [2.45, 2.75) is 26.8 Å². The lowest BCUT2D eigenvalue weighted by Crippen LogP contribution is -2.38. The Labute approximate surface area is 163 Å². The van der Waals surface area contributed by atoms with Gasteiger partial charge in [0, 0.05) is 18.8 Å². The van der Waals surface area contributed by atoms with E-state index >= 15 is 0 Å². The Hall–Kier alpha value is -2.45. The lowest BCUT2D eigenvalue weighted by molar-refractivity contribution is -0.114. The summed E-state index contributed by atoms with van der Waals surface area (Å²) in [6.45, 7) is 7.76. The highest BCUT2D eigenvalue weighted by Crippen LogP contribution is 2.24. The lowest BCUT2D eigenvalue weighted by Gasteiger charge is -2.30. The molecule has 0 aliphatic carbocycles. The molecule has 2 aromatic rings. The quantitative estimate of drug-likeness (QED) is 0.688. The minimum atomic E-state index is -0.261. The molecule has 8 heteroatoms. The van der Waals surface area contributed by atoms with E-state index in [-0.39, 0.29) is 17.9 Å². The maximum Gasteiger partial charge on any atom is 0.270 e. The molecule has 1 unspecified atom stereocenters. The fourth-order valence-corrected chi connectivity index (χ4v) is 3.57. The lowest BCUT2D eigenvalue weighted by atomic mass is 10.0. The van der Waals surface area contributed by atoms with Crippen molar-refractivity contribution in [1.82, 2.24) is 15.2 Å². The molecule has 2 N–H and O–H groups in total. The van der Waals surface area contributed by atoms with Gasteiger partial charge in [0.15, 0.2) is 5.13 Å². The number of likely N-dealkylation sites (N-methyl/N-ethyl adjacent to an activating group) is 1. The van der Waals surface area contributed by atoms with Crippen molar-refractivity contribution in [1.29, 1.82) is 0 Å². The molecule has 0 spiro atoms. The van der Waals surface area contributed by atoms with Crippen LogP contribution in [0.25, 0.3) is 0 Å². The summed E-state index contributed by atoms with van der Waals surface area (Å²) in [5.41, 5.74) is 1.38. The summed E-state index contributed by atoms with van der Waals surface area (Å²) in [5, 5.41) is 7.60. The number of hydrogen-bond donors (Lipinski definition) is 2. The van der Waals surface area contributed by atoms with E-state index in [9.17, 15) is 9.59 Å². The van der Waals surface area contributed by atoms with E-state index in [0.29, 0.717) is 17.4 Å². The van der Waals surface area contributed by atoms with Crippen molar-refractivity contribution in [3.63, 3.8) is 0 Å². The van der Waals surface area contributed by atoms with Gasteiger partial charge in [0.2, 0.25) is 5.91 Å². The van der Waals surface area contributed by atoms with Gasteiger partial charge in [-0.2, -0.15) is 0 Å². The topological polar surface area (TPSA) is 83.6 Å². The number of amides is 2. The molecule has 0 saturated heterocycles. The van der Waals surface area contributed by atoms with Crippen LogP contribution in [0.2, 0.25) is 0 Å². The van der Waals surface area contributed by atoms with Crippen molar-refractivity contribution in [2.75, 3.05) is 32.1 Å². The molecule has 2 rings (SSSR count). The first kappa shape index (κ1) is 20.9. The molecule has 1 heterocycles. The minimum absolute atomic E-state index is 0.0208. The van der Waals surface area contributed by atoms with Gasteiger partial charge < -0.3 is 15.4 Å². The highest BCUT2D eigenvalue weighted by atomic mass is 32.1. The Morgan fingerprint density at radius 1 is 1.30 bits per heavy atom. The van der Waals surface area contributed by atoms with E-state index < -0.39 is 0 Å². The summed E-state index contributed by atoms with van der Waals surface area (Å²) in [4.78, 5) is 30.0. The Morgan fingerprint density at radius 2 is 2.04 bits per heavy atom. The van der Waals surface area contributed by atoms with Crippen molar-refractivity contribution < 1.29 is 14.3 Å². The number of carbonyl (C=O) groups excluding carboxylic acids is 2. The van der Waals surface area contributed by atoms with Gasteiger partial charge in [0.05, 0.1) is 13.2 Å². The van der Waals surface area contributed by atoms with Crippen LogP contribution in [-0.4, -0.2) is 48.4 Å². The molecular formula is C19H26N4O3S. The maximum absolute atomic E-state index is 12.5. The highest BCUT2D eigenvalue weighted by molar-refractivity contribution is 7.14. The summed E-state index contributed by atoms with van der Waals surface area (Å²) in [6.07, 6.45) is 0. The average molecular weight is 391 g/mol. The second-order valence-corrected chi connectivity index (χ2v) is 6.80. The third-order valence-electron chi connectivity index (χ3n) is 4.21. The summed E-state index contributed by atoms with van der Waals surface area (Å²) >= 11 is 1.23. The third-order valence-corrected chi connectivity index (χ3v) is 4.97. The molecule has 27 heavy (non-hydrogen) atoms. The molecule has 0 fully saturated rings. The molecule has 0 aliphatic rings. The summed E-state index contributed by atoms with van der Waals surface area (Å²) in [7, 11) is 1.64. The predicted octanol–water partition coefficient (Wildman–Crippen LogP) is 2.92. The Kier molecular flexibility index (Phi) is 7.75. The number of hydrogen-bond acceptors (Lipinski definition) is 6. The van der Waals surface area contributed by atoms with Gasteiger partial charge in [-0.15, -0.1) is 11.3 Å². The first-order valence-corrected chi connectivity index (χ1v) is 9.75. The second kappa shape index (κ2) is 10.0. The normalized spacial score (nSPS) is 11.9. The van der Waals surface area contributed by atoms with Gasteiger partial charge in [-0.05, 0) is 30.8 Å². The van der Waals surface area contributed by atoms with Crippen LogP contribution in [0.15, 0.2) is 29.6 Å². The van der Waals surface area contributed by atoms with Crippen LogP contribution < -0.4 is 15.4 Å². The van der Waals surface area contributed by atoms with Crippen LogP contribution in [0.4, 0.5) is 5.13 Å². The first-order valence-electron chi connectivity index (χ1n) is 8.87. The number of thiazole rings is 1. The highest BCUT2D eigenvalue weighted by Gasteiger charge is 2.20. The largest absolute Gasteiger partial charge is 0.497 e. The van der Waals surface area contributed by atoms with Gasteiger partial charge in [0.1, 0.15) is 11.4 Å². The van der Waals surface area contributed by atoms with Crippen molar-refractivity contribution in [3.05, 3.63) is 40.9 Å².